The van der Waals surface area contributed by atoms with Crippen molar-refractivity contribution >= 4 is 35.1 Å². The lowest BCUT2D eigenvalue weighted by atomic mass is 9.70. The molecule has 0 aromatic heterocycles. The number of fused-ring (bicyclic) bond motifs is 2. The number of hydrogen-bond donors (Lipinski definition) is 1. The van der Waals surface area contributed by atoms with Crippen LogP contribution in [-0.2, 0) is 14.4 Å². The highest BCUT2D eigenvalue weighted by molar-refractivity contribution is 8.04. The molecule has 2 atom stereocenters. The molecule has 0 radical (unpaired) electrons. The maximum Gasteiger partial charge on any atom is 0.260 e. The van der Waals surface area contributed by atoms with Crippen molar-refractivity contribution in [3.63, 3.8) is 0 Å². The molecule has 7 heteroatoms. The van der Waals surface area contributed by atoms with Crippen LogP contribution in [0.25, 0.3) is 0 Å². The highest BCUT2D eigenvalue weighted by Crippen LogP contribution is 2.63. The van der Waals surface area contributed by atoms with Crippen molar-refractivity contribution in [3.05, 3.63) is 11.1 Å². The van der Waals surface area contributed by atoms with Crippen LogP contribution < -0.4 is 5.43 Å². The van der Waals surface area contributed by atoms with Crippen molar-refractivity contribution in [1.82, 2.24) is 10.3 Å². The number of nitrogens with one attached hydrogen (secondary N) is 1. The van der Waals surface area contributed by atoms with Crippen molar-refractivity contribution in [3.8, 4) is 0 Å². The summed E-state index contributed by atoms with van der Waals surface area (Å²) in [5, 5.41) is 4.99. The molecule has 1 aliphatic heterocycles. The van der Waals surface area contributed by atoms with Crippen molar-refractivity contribution in [2.75, 3.05) is 12.3 Å². The van der Waals surface area contributed by atoms with Crippen LogP contribution in [0.3, 0.4) is 0 Å². The smallest absolute Gasteiger partial charge is 0.260 e. The number of rotatable bonds is 4. The van der Waals surface area contributed by atoms with Gasteiger partial charge in [-0.1, -0.05) is 53.3 Å². The molecule has 2 saturated carbocycles. The van der Waals surface area contributed by atoms with E-state index >= 15 is 0 Å². The molecule has 6 nitrogen and oxygen atoms in total. The van der Waals surface area contributed by atoms with Gasteiger partial charge in [0.1, 0.15) is 6.54 Å². The van der Waals surface area contributed by atoms with E-state index in [1.165, 1.54) is 29.2 Å². The number of carbonyl (C=O) groups is 3. The molecule has 1 saturated heterocycles. The Morgan fingerprint density at radius 3 is 2.54 bits per heavy atom. The first kappa shape index (κ1) is 21.1. The summed E-state index contributed by atoms with van der Waals surface area (Å²) in [6, 6.07) is 0. The molecule has 1 heterocycles. The highest BCUT2D eigenvalue weighted by Gasteiger charge is 2.60. The van der Waals surface area contributed by atoms with E-state index in [4.69, 9.17) is 0 Å². The van der Waals surface area contributed by atoms with Gasteiger partial charge in [-0.15, -0.1) is 0 Å². The number of allylic oxidation sites excluding steroid dienone is 1. The van der Waals surface area contributed by atoms with Crippen LogP contribution >= 0.6 is 11.8 Å². The van der Waals surface area contributed by atoms with Crippen LogP contribution in [0.4, 0.5) is 0 Å². The zero-order chi connectivity index (χ0) is 20.9. The van der Waals surface area contributed by atoms with E-state index in [1.54, 1.807) is 0 Å². The van der Waals surface area contributed by atoms with Gasteiger partial charge in [0, 0.05) is 22.6 Å². The number of hydrogen-bond acceptors (Lipinski definition) is 5. The number of hydrazone groups is 1. The fourth-order valence-corrected chi connectivity index (χ4v) is 5.37. The third-order valence-corrected chi connectivity index (χ3v) is 8.06. The molecule has 154 valence electrons. The van der Waals surface area contributed by atoms with Gasteiger partial charge in [-0.2, -0.15) is 5.10 Å². The molecular formula is C21H31N3O3S. The monoisotopic (exact) mass is 405 g/mol. The molecule has 2 bridgehead atoms. The number of carbonyl (C=O) groups excluding carboxylic acids is 3. The summed E-state index contributed by atoms with van der Waals surface area (Å²) < 4.78 is 0. The lowest BCUT2D eigenvalue weighted by Crippen LogP contribution is -2.38. The van der Waals surface area contributed by atoms with Gasteiger partial charge in [0.05, 0.1) is 10.8 Å². The topological polar surface area (TPSA) is 78.8 Å². The number of thioether (sulfide) groups is 1. The van der Waals surface area contributed by atoms with Gasteiger partial charge in [0.15, 0.2) is 5.78 Å². The normalized spacial score (nSPS) is 31.9. The zero-order valence-electron chi connectivity index (χ0n) is 17.7. The predicted molar refractivity (Wildman–Crippen MR) is 112 cm³/mol. The number of amides is 2. The van der Waals surface area contributed by atoms with Gasteiger partial charge in [-0.3, -0.25) is 19.3 Å². The van der Waals surface area contributed by atoms with Crippen molar-refractivity contribution < 1.29 is 14.4 Å². The molecule has 0 aromatic rings. The van der Waals surface area contributed by atoms with E-state index in [-0.39, 0.29) is 40.7 Å². The summed E-state index contributed by atoms with van der Waals surface area (Å²) in [4.78, 5) is 38.3. The quantitative estimate of drug-likeness (QED) is 0.575. The minimum absolute atomic E-state index is 0.0223. The van der Waals surface area contributed by atoms with Gasteiger partial charge in [-0.25, -0.2) is 5.43 Å². The minimum atomic E-state index is -0.525. The van der Waals surface area contributed by atoms with E-state index in [9.17, 15) is 14.4 Å². The van der Waals surface area contributed by atoms with Crippen LogP contribution in [-0.4, -0.2) is 40.5 Å². The molecule has 2 unspecified atom stereocenters. The van der Waals surface area contributed by atoms with Crippen LogP contribution in [0.5, 0.6) is 0 Å². The third-order valence-electron chi connectivity index (χ3n) is 7.03. The molecule has 2 aliphatic carbocycles. The molecule has 28 heavy (non-hydrogen) atoms. The summed E-state index contributed by atoms with van der Waals surface area (Å²) in [7, 11) is 0. The van der Waals surface area contributed by atoms with Crippen LogP contribution in [0, 0.1) is 22.2 Å². The Bertz CT molecular complexity index is 778. The summed E-state index contributed by atoms with van der Waals surface area (Å²) in [5.74, 6) is 0.310. The predicted octanol–water partition coefficient (Wildman–Crippen LogP) is 3.34. The van der Waals surface area contributed by atoms with Crippen LogP contribution in [0.1, 0.15) is 60.8 Å². The average Bonchev–Trinajstić information content (AvgIpc) is 3.10. The highest BCUT2D eigenvalue weighted by atomic mass is 32.2. The first-order chi connectivity index (χ1) is 12.9. The number of ketones is 1. The summed E-state index contributed by atoms with van der Waals surface area (Å²) in [6.07, 6.45) is 4.72. The Kier molecular flexibility index (Phi) is 5.28. The molecule has 3 aliphatic rings. The summed E-state index contributed by atoms with van der Waals surface area (Å²) in [6.45, 7) is 12.2. The second-order valence-corrected chi connectivity index (χ2v) is 10.9. The molecule has 2 amide bonds. The summed E-state index contributed by atoms with van der Waals surface area (Å²) >= 11 is 1.30. The van der Waals surface area contributed by atoms with Gasteiger partial charge in [0.2, 0.25) is 5.91 Å². The molecule has 1 N–H and O–H groups in total. The van der Waals surface area contributed by atoms with E-state index in [0.717, 1.165) is 18.6 Å². The molecular weight excluding hydrogens is 374 g/mol. The van der Waals surface area contributed by atoms with Crippen molar-refractivity contribution in [2.45, 2.75) is 60.8 Å². The lowest BCUT2D eigenvalue weighted by Gasteiger charge is -2.34. The first-order valence-electron chi connectivity index (χ1n) is 9.91. The van der Waals surface area contributed by atoms with E-state index in [2.05, 4.69) is 31.3 Å². The Hall–Kier alpha value is -1.63. The summed E-state index contributed by atoms with van der Waals surface area (Å²) in [5.41, 5.74) is 3.41. The first-order valence-corrected chi connectivity index (χ1v) is 10.9. The Morgan fingerprint density at radius 2 is 2.00 bits per heavy atom. The number of nitrogens with zero attached hydrogens (tertiary/aromatic N) is 2. The van der Waals surface area contributed by atoms with E-state index < -0.39 is 5.41 Å². The fraction of sp³-hybridized carbons (Fsp3) is 0.714. The largest absolute Gasteiger partial charge is 0.296 e. The minimum Gasteiger partial charge on any atom is -0.296 e. The second-order valence-electron chi connectivity index (χ2n) is 9.95. The SMILES string of the molecule is CC(C)(C)C(=O)/C=C1\SCC(=O)N1CC(=O)N/N=C1\CC2CCC1(C)C2(C)C. The maximum atomic E-state index is 12.5. The average molecular weight is 406 g/mol. The van der Waals surface area contributed by atoms with E-state index in [0.29, 0.717) is 10.9 Å². The van der Waals surface area contributed by atoms with Gasteiger partial charge >= 0.3 is 0 Å². The lowest BCUT2D eigenvalue weighted by molar-refractivity contribution is -0.131. The van der Waals surface area contributed by atoms with Gasteiger partial charge in [0.25, 0.3) is 5.91 Å². The zero-order valence-corrected chi connectivity index (χ0v) is 18.5. The Morgan fingerprint density at radius 1 is 1.32 bits per heavy atom. The van der Waals surface area contributed by atoms with Crippen molar-refractivity contribution in [2.24, 2.45) is 27.3 Å². The van der Waals surface area contributed by atoms with Crippen molar-refractivity contribution in [1.29, 1.82) is 0 Å². The second kappa shape index (κ2) is 7.01. The molecule has 3 fully saturated rings. The standard InChI is InChI=1S/C21H31N3O3S/c1-19(2,3)15(25)10-18-24(17(27)12-28-18)11-16(26)23-22-14-9-13-7-8-21(14,6)20(13,4)5/h10,13H,7-9,11-12H2,1-6H3,(H,23,26)/b18-10-,22-14+. The molecule has 0 spiro atoms. The fourth-order valence-electron chi connectivity index (χ4n) is 4.44. The van der Waals surface area contributed by atoms with E-state index in [1.807, 2.05) is 20.8 Å². The Balaban J connectivity index is 1.67. The molecule has 0 aromatic carbocycles. The van der Waals surface area contributed by atoms with Gasteiger partial charge in [-0.05, 0) is 30.6 Å². The third kappa shape index (κ3) is 3.53. The maximum absolute atomic E-state index is 12.5. The van der Waals surface area contributed by atoms with Gasteiger partial charge < -0.3 is 0 Å². The van der Waals surface area contributed by atoms with Crippen LogP contribution in [0.2, 0.25) is 0 Å². The van der Waals surface area contributed by atoms with Crippen LogP contribution in [0.15, 0.2) is 16.2 Å². The Labute approximate surface area is 171 Å². The molecule has 3 rings (SSSR count).